The number of ether oxygens (including phenoxy) is 1. The summed E-state index contributed by atoms with van der Waals surface area (Å²) in [6.45, 7) is 0.604. The molecule has 0 radical (unpaired) electrons. The molecule has 1 aliphatic carbocycles. The monoisotopic (exact) mass is 277 g/mol. The van der Waals surface area contributed by atoms with E-state index in [4.69, 9.17) is 4.74 Å². The number of nitro groups is 1. The van der Waals surface area contributed by atoms with Crippen molar-refractivity contribution in [1.82, 2.24) is 0 Å². The van der Waals surface area contributed by atoms with E-state index in [1.165, 1.54) is 12.1 Å². The van der Waals surface area contributed by atoms with Crippen LogP contribution >= 0.6 is 0 Å². The van der Waals surface area contributed by atoms with Crippen molar-refractivity contribution in [2.75, 3.05) is 6.61 Å². The van der Waals surface area contributed by atoms with Crippen LogP contribution in [0.25, 0.3) is 0 Å². The number of allylic oxidation sites excluding steroid dienone is 2. The number of rotatable bonds is 2. The van der Waals surface area contributed by atoms with E-state index in [1.54, 1.807) is 18.2 Å². The Kier molecular flexibility index (Phi) is 3.53. The molecule has 1 aliphatic heterocycles. The molecule has 1 aromatic carbocycles. The van der Waals surface area contributed by atoms with Crippen molar-refractivity contribution in [2.24, 2.45) is 11.8 Å². The molecule has 0 bridgehead atoms. The summed E-state index contributed by atoms with van der Waals surface area (Å²) < 4.78 is 19.2. The summed E-state index contributed by atoms with van der Waals surface area (Å²) in [5, 5.41) is 10.7. The van der Waals surface area contributed by atoms with Gasteiger partial charge in [0, 0.05) is 18.7 Å². The van der Waals surface area contributed by atoms with Crippen LogP contribution in [0.15, 0.2) is 36.2 Å². The normalized spacial score (nSPS) is 29.4. The van der Waals surface area contributed by atoms with Gasteiger partial charge in [0.25, 0.3) is 5.69 Å². The van der Waals surface area contributed by atoms with Crippen LogP contribution in [-0.2, 0) is 4.74 Å². The third-order valence-corrected chi connectivity index (χ3v) is 4.23. The molecule has 20 heavy (non-hydrogen) atoms. The second kappa shape index (κ2) is 5.32. The SMILES string of the molecule is O=[N+]([O-])c1ccc([C@@H]2OCC[C@@H]3C=C(F)CC[C@@H]32)cc1. The van der Waals surface area contributed by atoms with E-state index in [9.17, 15) is 14.5 Å². The first kappa shape index (κ1) is 13.2. The van der Waals surface area contributed by atoms with Gasteiger partial charge in [0.05, 0.1) is 16.9 Å². The quantitative estimate of drug-likeness (QED) is 0.607. The Bertz CT molecular complexity index is 541. The maximum Gasteiger partial charge on any atom is 0.269 e. The van der Waals surface area contributed by atoms with Crippen LogP contribution in [0.5, 0.6) is 0 Å². The van der Waals surface area contributed by atoms with Crippen LogP contribution in [0.3, 0.4) is 0 Å². The Morgan fingerprint density at radius 1 is 1.25 bits per heavy atom. The van der Waals surface area contributed by atoms with Gasteiger partial charge in [-0.05, 0) is 54.9 Å². The Balaban J connectivity index is 1.84. The number of benzene rings is 1. The number of nitrogens with zero attached hydrogens (tertiary/aromatic N) is 1. The van der Waals surface area contributed by atoms with E-state index in [2.05, 4.69) is 0 Å². The number of halogens is 1. The van der Waals surface area contributed by atoms with Gasteiger partial charge in [-0.3, -0.25) is 10.1 Å². The van der Waals surface area contributed by atoms with Crippen molar-refractivity contribution in [2.45, 2.75) is 25.4 Å². The van der Waals surface area contributed by atoms with E-state index >= 15 is 0 Å². The zero-order valence-corrected chi connectivity index (χ0v) is 11.0. The summed E-state index contributed by atoms with van der Waals surface area (Å²) >= 11 is 0. The number of hydrogen-bond acceptors (Lipinski definition) is 3. The van der Waals surface area contributed by atoms with E-state index in [1.807, 2.05) is 0 Å². The number of fused-ring (bicyclic) bond motifs is 1. The molecule has 0 spiro atoms. The minimum Gasteiger partial charge on any atom is -0.373 e. The van der Waals surface area contributed by atoms with Gasteiger partial charge in [0.15, 0.2) is 0 Å². The van der Waals surface area contributed by atoms with E-state index in [-0.39, 0.29) is 29.5 Å². The highest BCUT2D eigenvalue weighted by molar-refractivity contribution is 5.34. The number of nitro benzene ring substituents is 1. The van der Waals surface area contributed by atoms with Gasteiger partial charge >= 0.3 is 0 Å². The van der Waals surface area contributed by atoms with Gasteiger partial charge < -0.3 is 4.74 Å². The molecule has 0 unspecified atom stereocenters. The van der Waals surface area contributed by atoms with Crippen molar-refractivity contribution < 1.29 is 14.1 Å². The molecule has 1 saturated heterocycles. The highest BCUT2D eigenvalue weighted by Gasteiger charge is 2.36. The first-order valence-corrected chi connectivity index (χ1v) is 6.87. The summed E-state index contributed by atoms with van der Waals surface area (Å²) in [4.78, 5) is 10.3. The maximum absolute atomic E-state index is 13.4. The fourth-order valence-electron chi connectivity index (χ4n) is 3.21. The van der Waals surface area contributed by atoms with Crippen LogP contribution in [0.4, 0.5) is 10.1 Å². The fourth-order valence-corrected chi connectivity index (χ4v) is 3.21. The molecule has 5 heteroatoms. The Morgan fingerprint density at radius 2 is 2.00 bits per heavy atom. The van der Waals surface area contributed by atoms with Crippen LogP contribution < -0.4 is 0 Å². The molecule has 2 aliphatic rings. The zero-order chi connectivity index (χ0) is 14.1. The van der Waals surface area contributed by atoms with Crippen LogP contribution in [0.1, 0.15) is 30.9 Å². The zero-order valence-electron chi connectivity index (χ0n) is 11.0. The maximum atomic E-state index is 13.4. The lowest BCUT2D eigenvalue weighted by Crippen LogP contribution is -2.31. The fraction of sp³-hybridized carbons (Fsp3) is 0.467. The highest BCUT2D eigenvalue weighted by Crippen LogP contribution is 2.44. The topological polar surface area (TPSA) is 52.4 Å². The van der Waals surface area contributed by atoms with Gasteiger partial charge in [0.2, 0.25) is 0 Å². The average Bonchev–Trinajstić information content (AvgIpc) is 2.46. The van der Waals surface area contributed by atoms with E-state index in [0.717, 1.165) is 18.4 Å². The number of non-ortho nitro benzene ring substituents is 1. The average molecular weight is 277 g/mol. The molecule has 1 aromatic rings. The first-order chi connectivity index (χ1) is 9.65. The van der Waals surface area contributed by atoms with Crippen LogP contribution in [0, 0.1) is 22.0 Å². The lowest BCUT2D eigenvalue weighted by Gasteiger charge is -2.39. The third kappa shape index (κ3) is 2.45. The van der Waals surface area contributed by atoms with Crippen molar-refractivity contribution in [1.29, 1.82) is 0 Å². The van der Waals surface area contributed by atoms with Crippen LogP contribution in [0.2, 0.25) is 0 Å². The standard InChI is InChI=1S/C15H16FNO3/c16-12-3-6-14-11(9-12)7-8-20-15(14)10-1-4-13(5-2-10)17(18)19/h1-2,4-5,9,11,14-15H,3,6-8H2/t11-,14+,15+/m1/s1. The lowest BCUT2D eigenvalue weighted by molar-refractivity contribution is -0.384. The summed E-state index contributed by atoms with van der Waals surface area (Å²) in [6, 6.07) is 6.50. The number of hydrogen-bond donors (Lipinski definition) is 0. The molecule has 1 heterocycles. The van der Waals surface area contributed by atoms with Crippen molar-refractivity contribution in [3.05, 3.63) is 51.8 Å². The Morgan fingerprint density at radius 3 is 2.70 bits per heavy atom. The minimum atomic E-state index is -0.410. The predicted octanol–water partition coefficient (Wildman–Crippen LogP) is 3.94. The van der Waals surface area contributed by atoms with Gasteiger partial charge in [-0.2, -0.15) is 0 Å². The molecule has 1 fully saturated rings. The summed E-state index contributed by atoms with van der Waals surface area (Å²) in [7, 11) is 0. The molecular weight excluding hydrogens is 261 g/mol. The Hall–Kier alpha value is -1.75. The smallest absolute Gasteiger partial charge is 0.269 e. The van der Waals surface area contributed by atoms with Crippen molar-refractivity contribution in [3.8, 4) is 0 Å². The van der Waals surface area contributed by atoms with Crippen molar-refractivity contribution >= 4 is 5.69 Å². The third-order valence-electron chi connectivity index (χ3n) is 4.23. The molecule has 0 amide bonds. The van der Waals surface area contributed by atoms with Crippen LogP contribution in [-0.4, -0.2) is 11.5 Å². The van der Waals surface area contributed by atoms with Gasteiger partial charge in [-0.15, -0.1) is 0 Å². The van der Waals surface area contributed by atoms with E-state index < -0.39 is 4.92 Å². The molecule has 3 rings (SSSR count). The largest absolute Gasteiger partial charge is 0.373 e. The predicted molar refractivity (Wildman–Crippen MR) is 71.8 cm³/mol. The molecule has 106 valence electrons. The lowest BCUT2D eigenvalue weighted by atomic mass is 9.75. The molecule has 0 aromatic heterocycles. The van der Waals surface area contributed by atoms with E-state index in [0.29, 0.717) is 13.0 Å². The van der Waals surface area contributed by atoms with Gasteiger partial charge in [-0.1, -0.05) is 0 Å². The van der Waals surface area contributed by atoms with Gasteiger partial charge in [0.1, 0.15) is 0 Å². The molecular formula is C15H16FNO3. The summed E-state index contributed by atoms with van der Waals surface area (Å²) in [6.07, 6.45) is 3.73. The Labute approximate surface area is 116 Å². The minimum absolute atomic E-state index is 0.0180. The highest BCUT2D eigenvalue weighted by atomic mass is 19.1. The molecule has 4 nitrogen and oxygen atoms in total. The molecule has 3 atom stereocenters. The second-order valence-corrected chi connectivity index (χ2v) is 5.41. The second-order valence-electron chi connectivity index (χ2n) is 5.41. The molecule has 0 N–H and O–H groups in total. The first-order valence-electron chi connectivity index (χ1n) is 6.87. The van der Waals surface area contributed by atoms with Crippen molar-refractivity contribution in [3.63, 3.8) is 0 Å². The molecule has 0 saturated carbocycles. The van der Waals surface area contributed by atoms with Gasteiger partial charge in [-0.25, -0.2) is 4.39 Å². The summed E-state index contributed by atoms with van der Waals surface area (Å²) in [5.74, 6) is 0.470. The summed E-state index contributed by atoms with van der Waals surface area (Å²) in [5.41, 5.74) is 1.02.